The highest BCUT2D eigenvalue weighted by molar-refractivity contribution is 5.47. The summed E-state index contributed by atoms with van der Waals surface area (Å²) in [6.45, 7) is 2.84. The van der Waals surface area contributed by atoms with Crippen molar-refractivity contribution in [3.63, 3.8) is 0 Å². The highest BCUT2D eigenvalue weighted by atomic mass is 19.1. The number of hydrogen-bond donors (Lipinski definition) is 1. The minimum atomic E-state index is -0.236. The molecule has 2 aliphatic rings. The van der Waals surface area contributed by atoms with E-state index in [2.05, 4.69) is 15.2 Å². The van der Waals surface area contributed by atoms with E-state index < -0.39 is 0 Å². The topological polar surface area (TPSA) is 28.2 Å². The average molecular weight is 235 g/mol. The fourth-order valence-corrected chi connectivity index (χ4v) is 2.36. The molecule has 1 aromatic rings. The predicted octanol–water partition coefficient (Wildman–Crippen LogP) is 2.07. The summed E-state index contributed by atoms with van der Waals surface area (Å²) in [6, 6.07) is 2.26. The van der Waals surface area contributed by atoms with Gasteiger partial charge < -0.3 is 10.2 Å². The Balaban J connectivity index is 1.78. The van der Waals surface area contributed by atoms with E-state index in [1.54, 1.807) is 6.07 Å². The third-order valence-corrected chi connectivity index (χ3v) is 3.47. The first-order valence-corrected chi connectivity index (χ1v) is 6.46. The van der Waals surface area contributed by atoms with E-state index in [9.17, 15) is 4.39 Å². The maximum Gasteiger partial charge on any atom is 0.141 e. The van der Waals surface area contributed by atoms with Crippen LogP contribution in [-0.2, 0) is 6.54 Å². The Morgan fingerprint density at radius 1 is 1.35 bits per heavy atom. The van der Waals surface area contributed by atoms with Gasteiger partial charge in [0, 0.05) is 31.2 Å². The van der Waals surface area contributed by atoms with Gasteiger partial charge in [0.1, 0.15) is 11.6 Å². The number of halogens is 1. The largest absolute Gasteiger partial charge is 0.356 e. The second-order valence-electron chi connectivity index (χ2n) is 4.99. The van der Waals surface area contributed by atoms with Crippen molar-refractivity contribution in [1.82, 2.24) is 10.3 Å². The van der Waals surface area contributed by atoms with Crippen molar-refractivity contribution in [3.8, 4) is 0 Å². The number of rotatable bonds is 4. The molecule has 1 aromatic heterocycles. The van der Waals surface area contributed by atoms with Gasteiger partial charge in [-0.15, -0.1) is 0 Å². The van der Waals surface area contributed by atoms with Crippen LogP contribution in [0.25, 0.3) is 0 Å². The molecular formula is C13H18FN3. The van der Waals surface area contributed by atoms with Crippen LogP contribution < -0.4 is 10.2 Å². The van der Waals surface area contributed by atoms with Crippen LogP contribution in [-0.4, -0.2) is 24.1 Å². The lowest BCUT2D eigenvalue weighted by Gasteiger charge is -2.20. The lowest BCUT2D eigenvalue weighted by molar-refractivity contribution is 0.611. The molecule has 1 N–H and O–H groups in total. The molecule has 0 atom stereocenters. The number of pyridine rings is 1. The summed E-state index contributed by atoms with van der Waals surface area (Å²) in [5.41, 5.74) is 0.999. The molecule has 4 heteroatoms. The zero-order valence-corrected chi connectivity index (χ0v) is 9.95. The van der Waals surface area contributed by atoms with E-state index in [0.29, 0.717) is 6.04 Å². The Bertz CT molecular complexity index is 398. The van der Waals surface area contributed by atoms with Crippen LogP contribution in [0.15, 0.2) is 12.3 Å². The van der Waals surface area contributed by atoms with Crippen LogP contribution >= 0.6 is 0 Å². The SMILES string of the molecule is Fc1cnc(N2CCCC2)c(CNC2CC2)c1. The second-order valence-corrected chi connectivity index (χ2v) is 4.99. The van der Waals surface area contributed by atoms with Gasteiger partial charge in [0.2, 0.25) is 0 Å². The van der Waals surface area contributed by atoms with Gasteiger partial charge in [-0.2, -0.15) is 0 Å². The van der Waals surface area contributed by atoms with Gasteiger partial charge in [-0.1, -0.05) is 0 Å². The van der Waals surface area contributed by atoms with E-state index in [-0.39, 0.29) is 5.82 Å². The molecule has 0 radical (unpaired) electrons. The molecule has 3 nitrogen and oxygen atoms in total. The minimum absolute atomic E-state index is 0.236. The van der Waals surface area contributed by atoms with E-state index >= 15 is 0 Å². The van der Waals surface area contributed by atoms with Gasteiger partial charge in [-0.3, -0.25) is 0 Å². The van der Waals surface area contributed by atoms with Crippen molar-refractivity contribution in [2.24, 2.45) is 0 Å². The lowest BCUT2D eigenvalue weighted by Crippen LogP contribution is -2.23. The van der Waals surface area contributed by atoms with Gasteiger partial charge in [0.05, 0.1) is 6.20 Å². The standard InChI is InChI=1S/C13H18FN3/c14-11-7-10(8-15-12-3-4-12)13(16-9-11)17-5-1-2-6-17/h7,9,12,15H,1-6,8H2. The van der Waals surface area contributed by atoms with Crippen LogP contribution in [0.4, 0.5) is 10.2 Å². The molecule has 1 aliphatic heterocycles. The molecule has 1 saturated heterocycles. The molecule has 92 valence electrons. The highest BCUT2D eigenvalue weighted by Gasteiger charge is 2.22. The van der Waals surface area contributed by atoms with Crippen molar-refractivity contribution in [1.29, 1.82) is 0 Å². The number of hydrogen-bond acceptors (Lipinski definition) is 3. The van der Waals surface area contributed by atoms with Crippen molar-refractivity contribution in [3.05, 3.63) is 23.6 Å². The molecule has 2 fully saturated rings. The lowest BCUT2D eigenvalue weighted by atomic mass is 10.2. The number of anilines is 1. The van der Waals surface area contributed by atoms with Crippen molar-refractivity contribution in [2.45, 2.75) is 38.3 Å². The van der Waals surface area contributed by atoms with Crippen molar-refractivity contribution >= 4 is 5.82 Å². The molecule has 0 spiro atoms. The summed E-state index contributed by atoms with van der Waals surface area (Å²) in [5, 5.41) is 3.43. The van der Waals surface area contributed by atoms with Gasteiger partial charge in [0.15, 0.2) is 0 Å². The molecule has 0 bridgehead atoms. The van der Waals surface area contributed by atoms with Crippen LogP contribution in [0.3, 0.4) is 0 Å². The Labute approximate surface area is 101 Å². The maximum atomic E-state index is 13.3. The second kappa shape index (κ2) is 4.61. The fourth-order valence-electron chi connectivity index (χ4n) is 2.36. The third-order valence-electron chi connectivity index (χ3n) is 3.47. The van der Waals surface area contributed by atoms with Crippen LogP contribution in [0.5, 0.6) is 0 Å². The highest BCUT2D eigenvalue weighted by Crippen LogP contribution is 2.24. The Kier molecular flexibility index (Phi) is 2.97. The average Bonchev–Trinajstić information content (AvgIpc) is 3.00. The molecule has 17 heavy (non-hydrogen) atoms. The maximum absolute atomic E-state index is 13.3. The summed E-state index contributed by atoms with van der Waals surface area (Å²) in [7, 11) is 0. The summed E-state index contributed by atoms with van der Waals surface area (Å²) >= 11 is 0. The molecule has 0 amide bonds. The smallest absolute Gasteiger partial charge is 0.141 e. The zero-order valence-electron chi connectivity index (χ0n) is 9.95. The Morgan fingerprint density at radius 2 is 2.12 bits per heavy atom. The molecule has 2 heterocycles. The van der Waals surface area contributed by atoms with Crippen molar-refractivity contribution < 1.29 is 4.39 Å². The molecular weight excluding hydrogens is 217 g/mol. The summed E-state index contributed by atoms with van der Waals surface area (Å²) < 4.78 is 13.3. The molecule has 3 rings (SSSR count). The molecule has 1 aliphatic carbocycles. The van der Waals surface area contributed by atoms with Gasteiger partial charge >= 0.3 is 0 Å². The van der Waals surface area contributed by atoms with Crippen molar-refractivity contribution in [2.75, 3.05) is 18.0 Å². The third kappa shape index (κ3) is 2.57. The normalized spacial score (nSPS) is 19.9. The molecule has 0 aromatic carbocycles. The first kappa shape index (κ1) is 11.0. The van der Waals surface area contributed by atoms with Gasteiger partial charge in [-0.25, -0.2) is 9.37 Å². The van der Waals surface area contributed by atoms with E-state index in [1.165, 1.54) is 31.9 Å². The zero-order chi connectivity index (χ0) is 11.7. The predicted molar refractivity (Wildman–Crippen MR) is 65.5 cm³/mol. The van der Waals surface area contributed by atoms with E-state index in [0.717, 1.165) is 31.0 Å². The summed E-state index contributed by atoms with van der Waals surface area (Å²) in [6.07, 6.45) is 6.26. The Hall–Kier alpha value is -1.16. The van der Waals surface area contributed by atoms with E-state index in [4.69, 9.17) is 0 Å². The summed E-state index contributed by atoms with van der Waals surface area (Å²) in [5.74, 6) is 0.734. The number of aromatic nitrogens is 1. The van der Waals surface area contributed by atoms with Crippen LogP contribution in [0, 0.1) is 5.82 Å². The molecule has 1 saturated carbocycles. The first-order chi connectivity index (χ1) is 8.33. The quantitative estimate of drug-likeness (QED) is 0.866. The van der Waals surface area contributed by atoms with E-state index in [1.807, 2.05) is 0 Å². The minimum Gasteiger partial charge on any atom is -0.356 e. The van der Waals surface area contributed by atoms with Gasteiger partial charge in [-0.05, 0) is 31.7 Å². The number of nitrogens with one attached hydrogen (secondary N) is 1. The van der Waals surface area contributed by atoms with Gasteiger partial charge in [0.25, 0.3) is 0 Å². The Morgan fingerprint density at radius 3 is 2.82 bits per heavy atom. The summed E-state index contributed by atoms with van der Waals surface area (Å²) in [4.78, 5) is 6.54. The fraction of sp³-hybridized carbons (Fsp3) is 0.615. The monoisotopic (exact) mass is 235 g/mol. The van der Waals surface area contributed by atoms with Crippen LogP contribution in [0.2, 0.25) is 0 Å². The number of nitrogens with zero attached hydrogens (tertiary/aromatic N) is 2. The first-order valence-electron chi connectivity index (χ1n) is 6.46. The molecule has 0 unspecified atom stereocenters. The van der Waals surface area contributed by atoms with Crippen LogP contribution in [0.1, 0.15) is 31.2 Å².